The van der Waals surface area contributed by atoms with E-state index in [2.05, 4.69) is 10.1 Å². The van der Waals surface area contributed by atoms with Crippen LogP contribution in [-0.4, -0.2) is 44.7 Å². The number of aromatic nitrogens is 4. The highest BCUT2D eigenvalue weighted by Crippen LogP contribution is 2.33. The predicted octanol–water partition coefficient (Wildman–Crippen LogP) is 4.67. The van der Waals surface area contributed by atoms with Gasteiger partial charge in [-0.2, -0.15) is 5.10 Å². The Morgan fingerprint density at radius 1 is 1.24 bits per heavy atom. The lowest BCUT2D eigenvalue weighted by Crippen LogP contribution is -2.18. The largest absolute Gasteiger partial charge is 0.487 e. The smallest absolute Gasteiger partial charge is 0.246 e. The van der Waals surface area contributed by atoms with E-state index in [0.717, 1.165) is 39.0 Å². The molecule has 0 atom stereocenters. The Labute approximate surface area is 197 Å². The van der Waals surface area contributed by atoms with Crippen molar-refractivity contribution >= 4 is 34.5 Å². The molecule has 0 N–H and O–H groups in total. The normalized spacial score (nSPS) is 11.3. The third-order valence-electron chi connectivity index (χ3n) is 5.28. The van der Waals surface area contributed by atoms with Crippen LogP contribution in [0.1, 0.15) is 16.8 Å². The van der Waals surface area contributed by atoms with Crippen LogP contribution in [0.25, 0.3) is 28.2 Å². The van der Waals surface area contributed by atoms with Crippen LogP contribution in [0.3, 0.4) is 0 Å². The van der Waals surface area contributed by atoms with E-state index >= 15 is 0 Å². The van der Waals surface area contributed by atoms with Crippen molar-refractivity contribution in [3.8, 4) is 17.0 Å². The topological polar surface area (TPSA) is 73.1 Å². The average Bonchev–Trinajstić information content (AvgIpc) is 3.21. The number of likely N-dealkylation sites (N-methyl/N-ethyl adjacent to an activating group) is 1. The molecule has 3 aromatic heterocycles. The van der Waals surface area contributed by atoms with Gasteiger partial charge in [0.2, 0.25) is 5.91 Å². The minimum Gasteiger partial charge on any atom is -0.487 e. The van der Waals surface area contributed by atoms with Gasteiger partial charge in [-0.1, -0.05) is 23.7 Å². The molecule has 0 aliphatic rings. The van der Waals surface area contributed by atoms with Crippen molar-refractivity contribution in [3.63, 3.8) is 0 Å². The number of rotatable bonds is 6. The Morgan fingerprint density at radius 3 is 2.79 bits per heavy atom. The van der Waals surface area contributed by atoms with Crippen molar-refractivity contribution < 1.29 is 9.53 Å². The lowest BCUT2D eigenvalue weighted by molar-refractivity contribution is -0.123. The standard InChI is InChI=1S/C25H24ClN5O2/c1-16-12-19(22-10-11-28-31(22)4)18-6-5-7-23(25(18)29-16)33-15-20-17(13-27-14-21(20)26)8-9-24(32)30(2)3/h5-14H,15H2,1-4H3. The molecule has 0 saturated carbocycles. The summed E-state index contributed by atoms with van der Waals surface area (Å²) < 4.78 is 8.05. The molecule has 0 radical (unpaired) electrons. The predicted molar refractivity (Wildman–Crippen MR) is 130 cm³/mol. The van der Waals surface area contributed by atoms with Gasteiger partial charge in [-0.15, -0.1) is 0 Å². The number of amides is 1. The van der Waals surface area contributed by atoms with E-state index in [9.17, 15) is 4.79 Å². The molecule has 4 aromatic rings. The molecule has 1 aromatic carbocycles. The highest BCUT2D eigenvalue weighted by Gasteiger charge is 2.14. The highest BCUT2D eigenvalue weighted by molar-refractivity contribution is 6.31. The van der Waals surface area contributed by atoms with Gasteiger partial charge in [0.05, 0.1) is 10.7 Å². The van der Waals surface area contributed by atoms with Gasteiger partial charge < -0.3 is 9.64 Å². The van der Waals surface area contributed by atoms with Gasteiger partial charge in [0.25, 0.3) is 0 Å². The number of para-hydroxylation sites is 1. The zero-order valence-electron chi connectivity index (χ0n) is 18.9. The van der Waals surface area contributed by atoms with Crippen molar-refractivity contribution in [2.45, 2.75) is 13.5 Å². The molecule has 0 spiro atoms. The molecule has 0 fully saturated rings. The molecule has 0 aliphatic heterocycles. The lowest BCUT2D eigenvalue weighted by Gasteiger charge is -2.14. The number of hydrogen-bond acceptors (Lipinski definition) is 5. The molecule has 7 nitrogen and oxygen atoms in total. The number of hydrogen-bond donors (Lipinski definition) is 0. The number of nitrogens with zero attached hydrogens (tertiary/aromatic N) is 5. The molecule has 0 saturated heterocycles. The summed E-state index contributed by atoms with van der Waals surface area (Å²) in [7, 11) is 5.31. The molecule has 4 rings (SSSR count). The number of benzene rings is 1. The number of aryl methyl sites for hydroxylation is 2. The number of halogens is 1. The lowest BCUT2D eigenvalue weighted by atomic mass is 10.0. The first-order valence-electron chi connectivity index (χ1n) is 10.4. The maximum Gasteiger partial charge on any atom is 0.246 e. The van der Waals surface area contributed by atoms with Crippen molar-refractivity contribution in [1.29, 1.82) is 0 Å². The number of carbonyl (C=O) groups is 1. The summed E-state index contributed by atoms with van der Waals surface area (Å²) in [5.41, 5.74) is 5.14. The van der Waals surface area contributed by atoms with E-state index in [-0.39, 0.29) is 12.5 Å². The number of ether oxygens (including phenoxy) is 1. The fourth-order valence-electron chi connectivity index (χ4n) is 3.55. The van der Waals surface area contributed by atoms with Crippen molar-refractivity contribution in [2.24, 2.45) is 7.05 Å². The van der Waals surface area contributed by atoms with Gasteiger partial charge in [-0.25, -0.2) is 4.98 Å². The molecular weight excluding hydrogens is 438 g/mol. The van der Waals surface area contributed by atoms with E-state index in [1.807, 2.05) is 49.0 Å². The van der Waals surface area contributed by atoms with Crippen molar-refractivity contribution in [3.05, 3.63) is 76.8 Å². The summed E-state index contributed by atoms with van der Waals surface area (Å²) in [6.07, 6.45) is 8.19. The van der Waals surface area contributed by atoms with Crippen LogP contribution in [0.5, 0.6) is 5.75 Å². The van der Waals surface area contributed by atoms with Gasteiger partial charge in [0.1, 0.15) is 17.9 Å². The fraction of sp³-hybridized carbons (Fsp3) is 0.200. The molecule has 8 heteroatoms. The molecule has 0 aliphatic carbocycles. The summed E-state index contributed by atoms with van der Waals surface area (Å²) in [4.78, 5) is 22.4. The quantitative estimate of drug-likeness (QED) is 0.390. The maximum atomic E-state index is 12.0. The van der Waals surface area contributed by atoms with Crippen LogP contribution in [-0.2, 0) is 18.4 Å². The van der Waals surface area contributed by atoms with Gasteiger partial charge in [0.15, 0.2) is 0 Å². The molecule has 168 valence electrons. The van der Waals surface area contributed by atoms with Crippen LogP contribution in [0, 0.1) is 6.92 Å². The van der Waals surface area contributed by atoms with Crippen molar-refractivity contribution in [1.82, 2.24) is 24.6 Å². The van der Waals surface area contributed by atoms with E-state index < -0.39 is 0 Å². The Kier molecular flexibility index (Phi) is 6.42. The van der Waals surface area contributed by atoms with Gasteiger partial charge in [0, 0.05) is 73.6 Å². The van der Waals surface area contributed by atoms with Gasteiger partial charge in [-0.3, -0.25) is 14.5 Å². The number of carbonyl (C=O) groups excluding carboxylic acids is 1. The molecule has 0 bridgehead atoms. The monoisotopic (exact) mass is 461 g/mol. The van der Waals surface area contributed by atoms with Crippen LogP contribution >= 0.6 is 11.6 Å². The van der Waals surface area contributed by atoms with E-state index in [0.29, 0.717) is 10.8 Å². The number of pyridine rings is 2. The zero-order chi connectivity index (χ0) is 23.5. The van der Waals surface area contributed by atoms with Crippen LogP contribution in [0.2, 0.25) is 5.02 Å². The second-order valence-electron chi connectivity index (χ2n) is 7.85. The summed E-state index contributed by atoms with van der Waals surface area (Å²) >= 11 is 6.43. The first-order chi connectivity index (χ1) is 15.8. The molecule has 33 heavy (non-hydrogen) atoms. The van der Waals surface area contributed by atoms with E-state index in [4.69, 9.17) is 21.3 Å². The van der Waals surface area contributed by atoms with E-state index in [1.54, 1.807) is 38.8 Å². The summed E-state index contributed by atoms with van der Waals surface area (Å²) in [6.45, 7) is 2.16. The SMILES string of the molecule is Cc1cc(-c2ccnn2C)c2cccc(OCc3c(Cl)cncc3C=CC(=O)N(C)C)c2n1. The molecule has 0 unspecified atom stereocenters. The fourth-order valence-corrected chi connectivity index (χ4v) is 3.77. The minimum atomic E-state index is -0.127. The summed E-state index contributed by atoms with van der Waals surface area (Å²) in [6, 6.07) is 9.89. The Balaban J connectivity index is 1.70. The van der Waals surface area contributed by atoms with Gasteiger partial charge >= 0.3 is 0 Å². The second kappa shape index (κ2) is 9.42. The maximum absolute atomic E-state index is 12.0. The molecule has 3 heterocycles. The summed E-state index contributed by atoms with van der Waals surface area (Å²) in [5.74, 6) is 0.519. The molecular formula is C25H24ClN5O2. The first-order valence-corrected chi connectivity index (χ1v) is 10.8. The van der Waals surface area contributed by atoms with Crippen LogP contribution < -0.4 is 4.74 Å². The third kappa shape index (κ3) is 4.73. The van der Waals surface area contributed by atoms with Crippen molar-refractivity contribution in [2.75, 3.05) is 14.1 Å². The minimum absolute atomic E-state index is 0.127. The van der Waals surface area contributed by atoms with Crippen LogP contribution in [0.15, 0.2) is 55.0 Å². The Hall–Kier alpha value is -3.71. The number of fused-ring (bicyclic) bond motifs is 1. The van der Waals surface area contributed by atoms with Crippen LogP contribution in [0.4, 0.5) is 0 Å². The Bertz CT molecular complexity index is 1360. The van der Waals surface area contributed by atoms with Gasteiger partial charge in [-0.05, 0) is 31.2 Å². The first kappa shape index (κ1) is 22.5. The average molecular weight is 462 g/mol. The highest BCUT2D eigenvalue weighted by atomic mass is 35.5. The summed E-state index contributed by atoms with van der Waals surface area (Å²) in [5, 5.41) is 5.74. The second-order valence-corrected chi connectivity index (χ2v) is 8.25. The Morgan fingerprint density at radius 2 is 2.06 bits per heavy atom. The zero-order valence-corrected chi connectivity index (χ0v) is 19.7. The third-order valence-corrected chi connectivity index (χ3v) is 5.61. The molecule has 1 amide bonds. The van der Waals surface area contributed by atoms with E-state index in [1.165, 1.54) is 11.0 Å².